The zero-order valence-electron chi connectivity index (χ0n) is 17.9. The minimum Gasteiger partial charge on any atom is -0.494 e. The van der Waals surface area contributed by atoms with Crippen LogP contribution in [0, 0.1) is 0 Å². The summed E-state index contributed by atoms with van der Waals surface area (Å²) in [6.07, 6.45) is 2.07. The van der Waals surface area contributed by atoms with E-state index in [0.29, 0.717) is 48.0 Å². The highest BCUT2D eigenvalue weighted by Crippen LogP contribution is 2.38. The Morgan fingerprint density at radius 1 is 1.13 bits per heavy atom. The number of fused-ring (bicyclic) bond motifs is 1. The second-order valence-electron chi connectivity index (χ2n) is 7.02. The van der Waals surface area contributed by atoms with Gasteiger partial charge in [0.05, 0.1) is 32.9 Å². The van der Waals surface area contributed by atoms with E-state index in [4.69, 9.17) is 14.2 Å². The van der Waals surface area contributed by atoms with Gasteiger partial charge in [-0.05, 0) is 42.7 Å². The van der Waals surface area contributed by atoms with Gasteiger partial charge in [0.25, 0.3) is 5.91 Å². The quantitative estimate of drug-likeness (QED) is 0.509. The molecule has 0 atom stereocenters. The van der Waals surface area contributed by atoms with Gasteiger partial charge >= 0.3 is 12.1 Å². The van der Waals surface area contributed by atoms with Gasteiger partial charge in [-0.1, -0.05) is 13.3 Å². The lowest BCUT2D eigenvalue weighted by atomic mass is 10.0. The Hall–Kier alpha value is -3.07. The summed E-state index contributed by atoms with van der Waals surface area (Å²) in [6, 6.07) is 6.86. The lowest BCUT2D eigenvalue weighted by Gasteiger charge is -2.25. The molecule has 1 N–H and O–H groups in total. The van der Waals surface area contributed by atoms with Gasteiger partial charge in [0, 0.05) is 17.0 Å². The molecule has 0 saturated heterocycles. The van der Waals surface area contributed by atoms with Crippen LogP contribution in [0.25, 0.3) is 0 Å². The summed E-state index contributed by atoms with van der Waals surface area (Å²) in [6.45, 7) is 3.46. The number of rotatable bonds is 7. The highest BCUT2D eigenvalue weighted by molar-refractivity contribution is 7.17. The number of methoxy groups -OCH3 is 2. The van der Waals surface area contributed by atoms with Crippen LogP contribution < -0.4 is 10.1 Å². The number of hydrogen-bond acceptors (Lipinski definition) is 7. The number of carbonyl (C=O) groups excluding carboxylic acids is 3. The van der Waals surface area contributed by atoms with E-state index in [2.05, 4.69) is 12.2 Å². The molecule has 9 heteroatoms. The molecule has 1 aromatic carbocycles. The first-order valence-electron chi connectivity index (χ1n) is 10.1. The average molecular weight is 447 g/mol. The number of carbonyl (C=O) groups is 3. The molecule has 1 aliphatic heterocycles. The Balaban J connectivity index is 1.79. The number of nitrogens with zero attached hydrogens (tertiary/aromatic N) is 1. The number of amides is 2. The third-order valence-corrected chi connectivity index (χ3v) is 6.12. The molecule has 0 bridgehead atoms. The van der Waals surface area contributed by atoms with Crippen molar-refractivity contribution in [2.75, 3.05) is 32.7 Å². The van der Waals surface area contributed by atoms with Crippen molar-refractivity contribution in [1.82, 2.24) is 4.90 Å². The van der Waals surface area contributed by atoms with Crippen molar-refractivity contribution >= 4 is 34.3 Å². The SMILES string of the molecule is CCCCOc1ccc(C(=O)Nc2sc3c(c2C(=O)OC)CCN(C(=O)OC)C3)cc1. The number of anilines is 1. The lowest BCUT2D eigenvalue weighted by Crippen LogP contribution is -2.35. The van der Waals surface area contributed by atoms with Crippen molar-refractivity contribution in [3.8, 4) is 5.75 Å². The van der Waals surface area contributed by atoms with Gasteiger partial charge in [-0.2, -0.15) is 0 Å². The fraction of sp³-hybridized carbons (Fsp3) is 0.409. The summed E-state index contributed by atoms with van der Waals surface area (Å²) in [5.41, 5.74) is 1.59. The number of unbranched alkanes of at least 4 members (excludes halogenated alkanes) is 1. The maximum absolute atomic E-state index is 12.8. The van der Waals surface area contributed by atoms with Crippen molar-refractivity contribution in [3.05, 3.63) is 45.8 Å². The summed E-state index contributed by atoms with van der Waals surface area (Å²) in [5, 5.41) is 3.25. The Morgan fingerprint density at radius 2 is 1.87 bits per heavy atom. The molecule has 0 unspecified atom stereocenters. The smallest absolute Gasteiger partial charge is 0.409 e. The summed E-state index contributed by atoms with van der Waals surface area (Å²) >= 11 is 1.27. The zero-order valence-corrected chi connectivity index (χ0v) is 18.7. The van der Waals surface area contributed by atoms with Crippen LogP contribution in [0.3, 0.4) is 0 Å². The monoisotopic (exact) mass is 446 g/mol. The zero-order chi connectivity index (χ0) is 22.4. The van der Waals surface area contributed by atoms with Crippen LogP contribution in [0.5, 0.6) is 5.75 Å². The minimum absolute atomic E-state index is 0.316. The predicted molar refractivity (Wildman–Crippen MR) is 117 cm³/mol. The van der Waals surface area contributed by atoms with Crippen LogP contribution in [-0.4, -0.2) is 50.2 Å². The topological polar surface area (TPSA) is 94.2 Å². The Morgan fingerprint density at radius 3 is 2.52 bits per heavy atom. The van der Waals surface area contributed by atoms with E-state index in [1.54, 1.807) is 29.2 Å². The third-order valence-electron chi connectivity index (χ3n) is 4.99. The van der Waals surface area contributed by atoms with E-state index in [0.717, 1.165) is 23.3 Å². The number of esters is 1. The van der Waals surface area contributed by atoms with Gasteiger partial charge in [0.15, 0.2) is 0 Å². The normalized spacial score (nSPS) is 12.7. The van der Waals surface area contributed by atoms with Crippen LogP contribution >= 0.6 is 11.3 Å². The van der Waals surface area contributed by atoms with Gasteiger partial charge < -0.3 is 24.4 Å². The number of benzene rings is 1. The molecule has 0 aliphatic carbocycles. The summed E-state index contributed by atoms with van der Waals surface area (Å²) in [4.78, 5) is 39.5. The molecule has 0 radical (unpaired) electrons. The van der Waals surface area contributed by atoms with Crippen LogP contribution in [0.4, 0.5) is 9.80 Å². The molecule has 2 amide bonds. The van der Waals surface area contributed by atoms with E-state index in [1.165, 1.54) is 25.6 Å². The summed E-state index contributed by atoms with van der Waals surface area (Å²) < 4.78 is 15.4. The lowest BCUT2D eigenvalue weighted by molar-refractivity contribution is 0.0600. The molecule has 0 saturated carbocycles. The fourth-order valence-electron chi connectivity index (χ4n) is 3.31. The molecule has 0 fully saturated rings. The van der Waals surface area contributed by atoms with E-state index in [9.17, 15) is 14.4 Å². The second kappa shape index (κ2) is 10.3. The summed E-state index contributed by atoms with van der Waals surface area (Å²) in [7, 11) is 2.64. The number of nitrogens with one attached hydrogen (secondary N) is 1. The molecule has 3 rings (SSSR count). The number of ether oxygens (including phenoxy) is 3. The highest BCUT2D eigenvalue weighted by atomic mass is 32.1. The molecule has 166 valence electrons. The maximum atomic E-state index is 12.8. The first-order valence-corrected chi connectivity index (χ1v) is 10.9. The molecule has 1 aromatic heterocycles. The van der Waals surface area contributed by atoms with Crippen molar-refractivity contribution in [1.29, 1.82) is 0 Å². The molecule has 2 aromatic rings. The van der Waals surface area contributed by atoms with E-state index in [-0.39, 0.29) is 5.91 Å². The molecule has 1 aliphatic rings. The van der Waals surface area contributed by atoms with Gasteiger partial charge in [0.1, 0.15) is 10.8 Å². The Labute approximate surface area is 185 Å². The van der Waals surface area contributed by atoms with Gasteiger partial charge in [-0.25, -0.2) is 9.59 Å². The largest absolute Gasteiger partial charge is 0.494 e. The number of hydrogen-bond donors (Lipinski definition) is 1. The molecular formula is C22H26N2O6S. The van der Waals surface area contributed by atoms with Gasteiger partial charge in [-0.15, -0.1) is 11.3 Å². The second-order valence-corrected chi connectivity index (χ2v) is 8.13. The fourth-order valence-corrected chi connectivity index (χ4v) is 4.55. The van der Waals surface area contributed by atoms with Crippen LogP contribution in [0.2, 0.25) is 0 Å². The van der Waals surface area contributed by atoms with Crippen molar-refractivity contribution < 1.29 is 28.6 Å². The van der Waals surface area contributed by atoms with Gasteiger partial charge in [0.2, 0.25) is 0 Å². The van der Waals surface area contributed by atoms with E-state index >= 15 is 0 Å². The van der Waals surface area contributed by atoms with E-state index < -0.39 is 12.1 Å². The Kier molecular flexibility index (Phi) is 7.51. The van der Waals surface area contributed by atoms with Crippen LogP contribution in [0.1, 0.15) is 50.9 Å². The summed E-state index contributed by atoms with van der Waals surface area (Å²) in [5.74, 6) is -0.151. The standard InChI is InChI=1S/C22H26N2O6S/c1-4-5-12-30-15-8-6-14(7-9-15)19(25)23-20-18(21(26)28-2)16-10-11-24(22(27)29-3)13-17(16)31-20/h6-9H,4-5,10-13H2,1-3H3,(H,23,25). The third kappa shape index (κ3) is 5.16. The number of thiophene rings is 1. The average Bonchev–Trinajstić information content (AvgIpc) is 3.15. The highest BCUT2D eigenvalue weighted by Gasteiger charge is 2.31. The van der Waals surface area contributed by atoms with Crippen molar-refractivity contribution in [2.45, 2.75) is 32.7 Å². The Bertz CT molecular complexity index is 954. The maximum Gasteiger partial charge on any atom is 0.409 e. The van der Waals surface area contributed by atoms with Crippen molar-refractivity contribution in [3.63, 3.8) is 0 Å². The molecule has 2 heterocycles. The van der Waals surface area contributed by atoms with Gasteiger partial charge in [-0.3, -0.25) is 4.79 Å². The molecule has 31 heavy (non-hydrogen) atoms. The van der Waals surface area contributed by atoms with E-state index in [1.807, 2.05) is 0 Å². The minimum atomic E-state index is -0.515. The first-order chi connectivity index (χ1) is 15.0. The van der Waals surface area contributed by atoms with Crippen LogP contribution in [-0.2, 0) is 22.4 Å². The first kappa shape index (κ1) is 22.6. The predicted octanol–water partition coefficient (Wildman–Crippen LogP) is 4.09. The molecule has 0 spiro atoms. The molecule has 8 nitrogen and oxygen atoms in total. The van der Waals surface area contributed by atoms with Crippen LogP contribution in [0.15, 0.2) is 24.3 Å². The molecular weight excluding hydrogens is 420 g/mol. The van der Waals surface area contributed by atoms with Crippen molar-refractivity contribution in [2.24, 2.45) is 0 Å².